The van der Waals surface area contributed by atoms with Crippen LogP contribution in [0.25, 0.3) is 22.5 Å². The maximum atomic E-state index is 12.3. The number of fused-ring (bicyclic) bond motifs is 1. The largest absolute Gasteiger partial charge is 0.385 e. The third kappa shape index (κ3) is 4.39. The molecule has 0 saturated carbocycles. The summed E-state index contributed by atoms with van der Waals surface area (Å²) in [6.45, 7) is 5.08. The fourth-order valence-corrected chi connectivity index (χ4v) is 3.53. The van der Waals surface area contributed by atoms with Crippen molar-refractivity contribution >= 4 is 22.8 Å². The summed E-state index contributed by atoms with van der Waals surface area (Å²) in [6, 6.07) is 18.5. The molecule has 3 rings (SSSR count). The van der Waals surface area contributed by atoms with Crippen LogP contribution in [0.3, 0.4) is 0 Å². The average molecular weight is 387 g/mol. The Morgan fingerprint density at radius 3 is 2.72 bits per heavy atom. The van der Waals surface area contributed by atoms with E-state index in [1.54, 1.807) is 13.2 Å². The van der Waals surface area contributed by atoms with Crippen molar-refractivity contribution in [2.45, 2.75) is 20.3 Å². The summed E-state index contributed by atoms with van der Waals surface area (Å²) >= 11 is 0. The molecule has 0 aliphatic heterocycles. The van der Waals surface area contributed by atoms with E-state index >= 15 is 0 Å². The summed E-state index contributed by atoms with van der Waals surface area (Å²) in [4.78, 5) is 12.3. The summed E-state index contributed by atoms with van der Waals surface area (Å²) in [5, 5.41) is 14.6. The molecule has 3 aromatic rings. The summed E-state index contributed by atoms with van der Waals surface area (Å²) in [5.74, 6) is -0.362. The quantitative estimate of drug-likeness (QED) is 0.373. The smallest absolute Gasteiger partial charge is 0.261 e. The van der Waals surface area contributed by atoms with E-state index in [9.17, 15) is 10.1 Å². The normalized spacial score (nSPS) is 11.4. The summed E-state index contributed by atoms with van der Waals surface area (Å²) < 4.78 is 7.14. The van der Waals surface area contributed by atoms with Gasteiger partial charge in [-0.15, -0.1) is 0 Å². The number of amides is 1. The van der Waals surface area contributed by atoms with Crippen LogP contribution in [0.2, 0.25) is 0 Å². The second-order valence-corrected chi connectivity index (χ2v) is 6.93. The van der Waals surface area contributed by atoms with Crippen LogP contribution in [0.1, 0.15) is 23.4 Å². The Bertz CT molecular complexity index is 1100. The van der Waals surface area contributed by atoms with Crippen molar-refractivity contribution in [3.63, 3.8) is 0 Å². The summed E-state index contributed by atoms with van der Waals surface area (Å²) in [7, 11) is 1.62. The molecule has 148 valence electrons. The van der Waals surface area contributed by atoms with E-state index in [2.05, 4.69) is 34.1 Å². The van der Waals surface area contributed by atoms with Gasteiger partial charge in [0.05, 0.1) is 5.69 Å². The van der Waals surface area contributed by atoms with Gasteiger partial charge in [-0.25, -0.2) is 0 Å². The number of hydrogen-bond acceptors (Lipinski definition) is 3. The van der Waals surface area contributed by atoms with E-state index in [0.717, 1.165) is 28.0 Å². The number of rotatable bonds is 7. The summed E-state index contributed by atoms with van der Waals surface area (Å²) in [6.07, 6.45) is 2.37. The van der Waals surface area contributed by atoms with Crippen molar-refractivity contribution in [1.29, 1.82) is 5.26 Å². The molecule has 1 aromatic heterocycles. The molecule has 0 bridgehead atoms. The summed E-state index contributed by atoms with van der Waals surface area (Å²) in [5.41, 5.74) is 4.07. The van der Waals surface area contributed by atoms with Crippen LogP contribution in [-0.2, 0) is 9.53 Å². The number of nitrogens with zero attached hydrogens (tertiary/aromatic N) is 2. The van der Waals surface area contributed by atoms with E-state index in [1.165, 1.54) is 5.39 Å². The Morgan fingerprint density at radius 1 is 1.21 bits per heavy atom. The average Bonchev–Trinajstić information content (AvgIpc) is 3.01. The van der Waals surface area contributed by atoms with Crippen molar-refractivity contribution in [3.8, 4) is 11.8 Å². The van der Waals surface area contributed by atoms with Crippen molar-refractivity contribution < 1.29 is 9.53 Å². The number of nitriles is 1. The van der Waals surface area contributed by atoms with Crippen LogP contribution in [0.4, 0.5) is 0 Å². The molecule has 1 N–H and O–H groups in total. The Morgan fingerprint density at radius 2 is 1.97 bits per heavy atom. The fourth-order valence-electron chi connectivity index (χ4n) is 3.53. The second kappa shape index (κ2) is 9.22. The monoisotopic (exact) mass is 387 g/mol. The lowest BCUT2D eigenvalue weighted by atomic mass is 10.1. The van der Waals surface area contributed by atoms with Crippen LogP contribution in [0.5, 0.6) is 0 Å². The molecule has 0 radical (unpaired) electrons. The van der Waals surface area contributed by atoms with Gasteiger partial charge in [0.25, 0.3) is 5.91 Å². The molecule has 29 heavy (non-hydrogen) atoms. The van der Waals surface area contributed by atoms with Gasteiger partial charge in [0.15, 0.2) is 0 Å². The SMILES string of the molecule is COCCCNC(=O)C(C#N)=Cc1cc(C)n(-c2cccc3ccccc23)c1C. The molecule has 0 unspecified atom stereocenters. The number of carbonyl (C=O) groups excluding carboxylic acids is 1. The first-order valence-electron chi connectivity index (χ1n) is 9.63. The van der Waals surface area contributed by atoms with Crippen LogP contribution < -0.4 is 5.32 Å². The van der Waals surface area contributed by atoms with Gasteiger partial charge in [0, 0.05) is 37.0 Å². The lowest BCUT2D eigenvalue weighted by Gasteiger charge is -2.13. The first-order chi connectivity index (χ1) is 14.1. The lowest BCUT2D eigenvalue weighted by Crippen LogP contribution is -2.26. The zero-order valence-electron chi connectivity index (χ0n) is 17.0. The number of methoxy groups -OCH3 is 1. The molecular weight excluding hydrogens is 362 g/mol. The molecule has 5 nitrogen and oxygen atoms in total. The number of nitrogens with one attached hydrogen (secondary N) is 1. The van der Waals surface area contributed by atoms with Crippen molar-refractivity contribution in [2.75, 3.05) is 20.3 Å². The van der Waals surface area contributed by atoms with Crippen LogP contribution in [0, 0.1) is 25.2 Å². The maximum Gasteiger partial charge on any atom is 0.261 e. The van der Waals surface area contributed by atoms with E-state index in [0.29, 0.717) is 19.6 Å². The van der Waals surface area contributed by atoms with Gasteiger partial charge in [-0.05, 0) is 49.4 Å². The van der Waals surface area contributed by atoms with Crippen molar-refractivity contribution in [2.24, 2.45) is 0 Å². The molecule has 0 aliphatic rings. The second-order valence-electron chi connectivity index (χ2n) is 6.93. The minimum Gasteiger partial charge on any atom is -0.385 e. The number of benzene rings is 2. The highest BCUT2D eigenvalue weighted by atomic mass is 16.5. The predicted molar refractivity (Wildman–Crippen MR) is 116 cm³/mol. The zero-order valence-corrected chi connectivity index (χ0v) is 17.0. The Kier molecular flexibility index (Phi) is 6.48. The van der Waals surface area contributed by atoms with E-state index < -0.39 is 0 Å². The van der Waals surface area contributed by atoms with E-state index in [-0.39, 0.29) is 11.5 Å². The third-order valence-electron chi connectivity index (χ3n) is 4.95. The Balaban J connectivity index is 1.96. The van der Waals surface area contributed by atoms with Gasteiger partial charge in [0.2, 0.25) is 0 Å². The molecule has 1 heterocycles. The highest BCUT2D eigenvalue weighted by molar-refractivity contribution is 6.02. The van der Waals surface area contributed by atoms with Gasteiger partial charge in [-0.2, -0.15) is 5.26 Å². The molecule has 2 aromatic carbocycles. The van der Waals surface area contributed by atoms with Gasteiger partial charge in [-0.3, -0.25) is 4.79 Å². The standard InChI is InChI=1S/C24H25N3O2/c1-17-14-20(15-21(16-25)24(28)26-12-7-13-29-3)18(2)27(17)23-11-6-9-19-8-4-5-10-22(19)23/h4-6,8-11,14-15H,7,12-13H2,1-3H3,(H,26,28). The fraction of sp³-hybridized carbons (Fsp3) is 0.250. The number of aryl methyl sites for hydroxylation is 1. The highest BCUT2D eigenvalue weighted by Gasteiger charge is 2.14. The van der Waals surface area contributed by atoms with Gasteiger partial charge < -0.3 is 14.6 Å². The molecular formula is C24H25N3O2. The Hall–Kier alpha value is -3.36. The first kappa shape index (κ1) is 20.4. The molecule has 1 amide bonds. The minimum absolute atomic E-state index is 0.0978. The lowest BCUT2D eigenvalue weighted by molar-refractivity contribution is -0.117. The Labute approximate surface area is 171 Å². The number of ether oxygens (including phenoxy) is 1. The zero-order chi connectivity index (χ0) is 20.8. The third-order valence-corrected chi connectivity index (χ3v) is 4.95. The highest BCUT2D eigenvalue weighted by Crippen LogP contribution is 2.28. The number of hydrogen-bond donors (Lipinski definition) is 1. The molecule has 0 saturated heterocycles. The van der Waals surface area contributed by atoms with E-state index in [4.69, 9.17) is 4.74 Å². The molecule has 5 heteroatoms. The van der Waals surface area contributed by atoms with Gasteiger partial charge >= 0.3 is 0 Å². The van der Waals surface area contributed by atoms with Crippen molar-refractivity contribution in [3.05, 3.63) is 71.1 Å². The maximum absolute atomic E-state index is 12.3. The van der Waals surface area contributed by atoms with Crippen LogP contribution in [0.15, 0.2) is 54.1 Å². The number of aromatic nitrogens is 1. The molecule has 0 atom stereocenters. The van der Waals surface area contributed by atoms with Crippen LogP contribution >= 0.6 is 0 Å². The molecule has 0 spiro atoms. The topological polar surface area (TPSA) is 67.0 Å². The minimum atomic E-state index is -0.362. The van der Waals surface area contributed by atoms with E-state index in [1.807, 2.05) is 44.2 Å². The van der Waals surface area contributed by atoms with Crippen LogP contribution in [-0.4, -0.2) is 30.7 Å². The first-order valence-corrected chi connectivity index (χ1v) is 9.63. The van der Waals surface area contributed by atoms with Gasteiger partial charge in [0.1, 0.15) is 11.6 Å². The predicted octanol–water partition coefficient (Wildman–Crippen LogP) is 4.31. The van der Waals surface area contributed by atoms with Crippen molar-refractivity contribution in [1.82, 2.24) is 9.88 Å². The molecule has 0 fully saturated rings. The van der Waals surface area contributed by atoms with Gasteiger partial charge in [-0.1, -0.05) is 36.4 Å². The molecule has 0 aliphatic carbocycles. The number of carbonyl (C=O) groups is 1.